The molecule has 1 unspecified atom stereocenters. The van der Waals surface area contributed by atoms with Crippen molar-refractivity contribution in [2.75, 3.05) is 7.11 Å². The highest BCUT2D eigenvalue weighted by atomic mass is 79.9. The molecule has 0 saturated heterocycles. The molecule has 2 rings (SSSR count). The van der Waals surface area contributed by atoms with Gasteiger partial charge >= 0.3 is 0 Å². The molecular weight excluding hydrogens is 359 g/mol. The summed E-state index contributed by atoms with van der Waals surface area (Å²) >= 11 is 9.19. The number of nitrogens with two attached hydrogens (primary N) is 1. The Balaban J connectivity index is 2.32. The monoisotopic (exact) mass is 372 g/mol. The van der Waals surface area contributed by atoms with E-state index in [0.29, 0.717) is 27.2 Å². The van der Waals surface area contributed by atoms with E-state index in [0.717, 1.165) is 5.56 Å². The Morgan fingerprint density at radius 3 is 2.71 bits per heavy atom. The van der Waals surface area contributed by atoms with Crippen molar-refractivity contribution in [1.82, 2.24) is 5.43 Å². The van der Waals surface area contributed by atoms with Crippen LogP contribution in [0.4, 0.5) is 4.39 Å². The predicted molar refractivity (Wildman–Crippen MR) is 85.9 cm³/mol. The fraction of sp³-hybridized carbons (Fsp3) is 0.200. The van der Waals surface area contributed by atoms with Gasteiger partial charge in [0.25, 0.3) is 0 Å². The van der Waals surface area contributed by atoms with Gasteiger partial charge in [0.05, 0.1) is 13.2 Å². The lowest BCUT2D eigenvalue weighted by Gasteiger charge is -2.19. The molecular formula is C15H15BrClFN2O. The van der Waals surface area contributed by atoms with Gasteiger partial charge in [-0.1, -0.05) is 39.7 Å². The number of hydrogen-bond acceptors (Lipinski definition) is 3. The van der Waals surface area contributed by atoms with Crippen molar-refractivity contribution >= 4 is 27.5 Å². The number of nitrogens with one attached hydrogen (secondary N) is 1. The van der Waals surface area contributed by atoms with Crippen LogP contribution >= 0.6 is 27.5 Å². The van der Waals surface area contributed by atoms with E-state index in [4.69, 9.17) is 22.2 Å². The Morgan fingerprint density at radius 2 is 2.10 bits per heavy atom. The van der Waals surface area contributed by atoms with Crippen molar-refractivity contribution in [3.05, 3.63) is 62.8 Å². The molecule has 0 aromatic heterocycles. The van der Waals surface area contributed by atoms with Crippen LogP contribution in [-0.4, -0.2) is 7.11 Å². The highest BCUT2D eigenvalue weighted by Gasteiger charge is 2.17. The summed E-state index contributed by atoms with van der Waals surface area (Å²) in [5.41, 5.74) is 4.09. The van der Waals surface area contributed by atoms with Crippen LogP contribution in [0.5, 0.6) is 5.75 Å². The molecule has 0 spiro atoms. The average Bonchev–Trinajstić information content (AvgIpc) is 2.47. The third-order valence-electron chi connectivity index (χ3n) is 3.21. The molecule has 2 aromatic carbocycles. The minimum atomic E-state index is -0.284. The Bertz CT molecular complexity index is 639. The predicted octanol–water partition coefficient (Wildman–Crippen LogP) is 4.00. The third-order valence-corrected chi connectivity index (χ3v) is 3.94. The molecule has 1 atom stereocenters. The van der Waals surface area contributed by atoms with E-state index in [9.17, 15) is 4.39 Å². The van der Waals surface area contributed by atoms with Crippen molar-refractivity contribution < 1.29 is 9.13 Å². The number of hydrazine groups is 1. The van der Waals surface area contributed by atoms with Crippen LogP contribution in [0.3, 0.4) is 0 Å². The standard InChI is InChI=1S/C15H15BrClFN2O/c1-21-15-8-11(17)4-5-12(15)14(20-19)6-9-2-3-10(16)7-13(9)18/h2-5,7-8,14,20H,6,19H2,1H3. The Kier molecular flexibility index (Phi) is 5.58. The van der Waals surface area contributed by atoms with Crippen LogP contribution in [0, 0.1) is 5.82 Å². The molecule has 6 heteroatoms. The number of rotatable bonds is 5. The van der Waals surface area contributed by atoms with E-state index >= 15 is 0 Å². The largest absolute Gasteiger partial charge is 0.496 e. The zero-order chi connectivity index (χ0) is 15.4. The zero-order valence-electron chi connectivity index (χ0n) is 11.4. The van der Waals surface area contributed by atoms with Gasteiger partial charge in [-0.15, -0.1) is 0 Å². The van der Waals surface area contributed by atoms with Gasteiger partial charge < -0.3 is 4.74 Å². The second-order valence-electron chi connectivity index (χ2n) is 4.55. The first-order chi connectivity index (χ1) is 10.0. The normalized spacial score (nSPS) is 12.2. The lowest BCUT2D eigenvalue weighted by Crippen LogP contribution is -2.30. The van der Waals surface area contributed by atoms with Crippen molar-refractivity contribution in [2.45, 2.75) is 12.5 Å². The molecule has 0 radical (unpaired) electrons. The van der Waals surface area contributed by atoms with E-state index in [1.807, 2.05) is 6.07 Å². The molecule has 112 valence electrons. The summed E-state index contributed by atoms with van der Waals surface area (Å²) < 4.78 is 20.0. The Labute approximate surface area is 136 Å². The first kappa shape index (κ1) is 16.2. The Hall–Kier alpha value is -1.14. The van der Waals surface area contributed by atoms with E-state index in [2.05, 4.69) is 21.4 Å². The highest BCUT2D eigenvalue weighted by molar-refractivity contribution is 9.10. The first-order valence-electron chi connectivity index (χ1n) is 6.28. The van der Waals surface area contributed by atoms with Crippen molar-refractivity contribution in [3.8, 4) is 5.75 Å². The molecule has 0 heterocycles. The maximum Gasteiger partial charge on any atom is 0.127 e. The lowest BCUT2D eigenvalue weighted by molar-refractivity contribution is 0.398. The van der Waals surface area contributed by atoms with Gasteiger partial charge in [-0.25, -0.2) is 4.39 Å². The molecule has 3 N–H and O–H groups in total. The van der Waals surface area contributed by atoms with Crippen molar-refractivity contribution in [3.63, 3.8) is 0 Å². The van der Waals surface area contributed by atoms with Gasteiger partial charge in [0.15, 0.2) is 0 Å². The number of benzene rings is 2. The number of ether oxygens (including phenoxy) is 1. The van der Waals surface area contributed by atoms with Crippen molar-refractivity contribution in [1.29, 1.82) is 0 Å². The van der Waals surface area contributed by atoms with Crippen LogP contribution in [0.1, 0.15) is 17.2 Å². The highest BCUT2D eigenvalue weighted by Crippen LogP contribution is 2.30. The molecule has 3 nitrogen and oxygen atoms in total. The van der Waals surface area contributed by atoms with Gasteiger partial charge in [-0.2, -0.15) is 0 Å². The average molecular weight is 374 g/mol. The van der Waals surface area contributed by atoms with Gasteiger partial charge in [-0.3, -0.25) is 11.3 Å². The van der Waals surface area contributed by atoms with E-state index in [1.165, 1.54) is 6.07 Å². The molecule has 0 aliphatic rings. The number of methoxy groups -OCH3 is 1. The van der Waals surface area contributed by atoms with E-state index < -0.39 is 0 Å². The molecule has 2 aromatic rings. The van der Waals surface area contributed by atoms with E-state index in [-0.39, 0.29) is 11.9 Å². The van der Waals surface area contributed by atoms with Gasteiger partial charge in [0, 0.05) is 15.1 Å². The summed E-state index contributed by atoms with van der Waals surface area (Å²) in [4.78, 5) is 0. The maximum absolute atomic E-state index is 14.0. The zero-order valence-corrected chi connectivity index (χ0v) is 13.7. The molecule has 0 bridgehead atoms. The number of hydrogen-bond donors (Lipinski definition) is 2. The molecule has 0 aliphatic heterocycles. The minimum Gasteiger partial charge on any atom is -0.496 e. The lowest BCUT2D eigenvalue weighted by atomic mass is 9.98. The fourth-order valence-electron chi connectivity index (χ4n) is 2.14. The van der Waals surface area contributed by atoms with Gasteiger partial charge in [0.2, 0.25) is 0 Å². The molecule has 0 aliphatic carbocycles. The summed E-state index contributed by atoms with van der Waals surface area (Å²) in [5, 5.41) is 0.571. The van der Waals surface area contributed by atoms with Gasteiger partial charge in [0.1, 0.15) is 11.6 Å². The van der Waals surface area contributed by atoms with Crippen LogP contribution in [0.15, 0.2) is 40.9 Å². The molecule has 21 heavy (non-hydrogen) atoms. The SMILES string of the molecule is COc1cc(Cl)ccc1C(Cc1ccc(Br)cc1F)NN. The topological polar surface area (TPSA) is 47.3 Å². The van der Waals surface area contributed by atoms with Gasteiger partial charge in [-0.05, 0) is 36.2 Å². The first-order valence-corrected chi connectivity index (χ1v) is 7.45. The second-order valence-corrected chi connectivity index (χ2v) is 5.90. The second kappa shape index (κ2) is 7.22. The van der Waals surface area contributed by atoms with E-state index in [1.54, 1.807) is 31.4 Å². The molecule has 0 amide bonds. The summed E-state index contributed by atoms with van der Waals surface area (Å²) in [6.07, 6.45) is 0.396. The van der Waals surface area contributed by atoms with Crippen LogP contribution in [-0.2, 0) is 6.42 Å². The molecule has 0 saturated carbocycles. The fourth-order valence-corrected chi connectivity index (χ4v) is 2.63. The third kappa shape index (κ3) is 3.95. The quantitative estimate of drug-likeness (QED) is 0.615. The van der Waals surface area contributed by atoms with Crippen LogP contribution in [0.25, 0.3) is 0 Å². The summed E-state index contributed by atoms with van der Waals surface area (Å²) in [7, 11) is 1.56. The Morgan fingerprint density at radius 1 is 1.33 bits per heavy atom. The summed E-state index contributed by atoms with van der Waals surface area (Å²) in [5.74, 6) is 5.96. The maximum atomic E-state index is 14.0. The summed E-state index contributed by atoms with van der Waals surface area (Å²) in [6, 6.07) is 9.95. The summed E-state index contributed by atoms with van der Waals surface area (Å²) in [6.45, 7) is 0. The molecule has 0 fully saturated rings. The van der Waals surface area contributed by atoms with Crippen LogP contribution in [0.2, 0.25) is 5.02 Å². The smallest absolute Gasteiger partial charge is 0.127 e. The van der Waals surface area contributed by atoms with Crippen molar-refractivity contribution in [2.24, 2.45) is 5.84 Å². The number of halogens is 3. The van der Waals surface area contributed by atoms with Crippen LogP contribution < -0.4 is 16.0 Å². The minimum absolute atomic E-state index is 0.280.